The summed E-state index contributed by atoms with van der Waals surface area (Å²) in [5.41, 5.74) is 14.5. The van der Waals surface area contributed by atoms with Crippen molar-refractivity contribution in [1.82, 2.24) is 0 Å². The zero-order chi connectivity index (χ0) is 29.8. The van der Waals surface area contributed by atoms with Crippen molar-refractivity contribution < 1.29 is 38.0 Å². The van der Waals surface area contributed by atoms with E-state index in [1.807, 2.05) is 0 Å². The van der Waals surface area contributed by atoms with Gasteiger partial charge in [0.05, 0.1) is 43.0 Å². The highest BCUT2D eigenvalue weighted by Gasteiger charge is 2.42. The fourth-order valence-electron chi connectivity index (χ4n) is 4.70. The molecule has 2 heterocycles. The molecule has 4 N–H and O–H groups in total. The van der Waals surface area contributed by atoms with Crippen LogP contribution in [0, 0.1) is 5.41 Å². The van der Waals surface area contributed by atoms with Crippen molar-refractivity contribution in [2.24, 2.45) is 5.41 Å². The zero-order valence-electron chi connectivity index (χ0n) is 23.1. The van der Waals surface area contributed by atoms with E-state index in [2.05, 4.69) is 0 Å². The number of rotatable bonds is 6. The molecule has 1 spiro atoms. The average molecular weight is 583 g/mol. The number of benzene rings is 4. The van der Waals surface area contributed by atoms with E-state index < -0.39 is 29.9 Å². The second kappa shape index (κ2) is 12.2. The molecule has 2 saturated heterocycles. The van der Waals surface area contributed by atoms with E-state index >= 15 is 0 Å². The summed E-state index contributed by atoms with van der Waals surface area (Å²) < 4.78 is 35.0. The van der Waals surface area contributed by atoms with Gasteiger partial charge in [0, 0.05) is 22.5 Å². The first-order valence-corrected chi connectivity index (χ1v) is 13.7. The zero-order valence-corrected chi connectivity index (χ0v) is 23.1. The van der Waals surface area contributed by atoms with E-state index in [4.69, 9.17) is 39.9 Å². The maximum atomic E-state index is 12.4. The molecular weight excluding hydrogens is 552 g/mol. The van der Waals surface area contributed by atoms with Gasteiger partial charge in [0.2, 0.25) is 0 Å². The van der Waals surface area contributed by atoms with Crippen molar-refractivity contribution in [2.45, 2.75) is 12.6 Å². The highest BCUT2D eigenvalue weighted by Crippen LogP contribution is 2.38. The van der Waals surface area contributed by atoms with Gasteiger partial charge in [-0.25, -0.2) is 9.59 Å². The van der Waals surface area contributed by atoms with E-state index in [1.165, 1.54) is 0 Å². The third-order valence-corrected chi connectivity index (χ3v) is 7.18. The Labute approximate surface area is 248 Å². The fraction of sp³-hybridized carbons (Fsp3) is 0.212. The molecule has 2 aliphatic heterocycles. The van der Waals surface area contributed by atoms with Gasteiger partial charge in [0.25, 0.3) is 0 Å². The number of nitrogens with two attached hydrogens (primary N) is 2. The van der Waals surface area contributed by atoms with Crippen LogP contribution >= 0.6 is 0 Å². The summed E-state index contributed by atoms with van der Waals surface area (Å²) in [5.74, 6) is -0.120. The summed E-state index contributed by atoms with van der Waals surface area (Å²) in [6.45, 7) is 1.55. The van der Waals surface area contributed by atoms with Gasteiger partial charge in [-0.05, 0) is 72.8 Å². The van der Waals surface area contributed by atoms with Crippen LogP contribution in [-0.4, -0.2) is 38.4 Å². The van der Waals surface area contributed by atoms with Crippen LogP contribution in [0.1, 0.15) is 44.4 Å². The Morgan fingerprint density at radius 2 is 0.860 bits per heavy atom. The molecule has 0 bridgehead atoms. The number of carbonyl (C=O) groups is 2. The highest BCUT2D eigenvalue weighted by molar-refractivity contribution is 5.92. The third-order valence-electron chi connectivity index (χ3n) is 7.18. The Balaban J connectivity index is 0.972. The molecule has 0 amide bonds. The molecule has 43 heavy (non-hydrogen) atoms. The number of esters is 2. The topological polar surface area (TPSA) is 142 Å². The van der Waals surface area contributed by atoms with Gasteiger partial charge in [-0.2, -0.15) is 0 Å². The first kappa shape index (κ1) is 28.4. The summed E-state index contributed by atoms with van der Waals surface area (Å²) >= 11 is 0. The summed E-state index contributed by atoms with van der Waals surface area (Å²) in [7, 11) is 0. The van der Waals surface area contributed by atoms with Crippen LogP contribution in [0.15, 0.2) is 97.1 Å². The minimum Gasteiger partial charge on any atom is -0.423 e. The molecular formula is C33H30N2O8. The summed E-state index contributed by atoms with van der Waals surface area (Å²) in [6.07, 6.45) is -1.12. The third kappa shape index (κ3) is 6.68. The number of hydrogen-bond acceptors (Lipinski definition) is 10. The van der Waals surface area contributed by atoms with Crippen molar-refractivity contribution in [2.75, 3.05) is 37.9 Å². The number of ether oxygens (including phenoxy) is 6. The normalized spacial score (nSPS) is 21.7. The monoisotopic (exact) mass is 582 g/mol. The van der Waals surface area contributed by atoms with Gasteiger partial charge < -0.3 is 39.9 Å². The van der Waals surface area contributed by atoms with Crippen molar-refractivity contribution in [3.05, 3.63) is 119 Å². The Morgan fingerprint density at radius 1 is 0.535 bits per heavy atom. The molecule has 0 aromatic heterocycles. The van der Waals surface area contributed by atoms with Gasteiger partial charge >= 0.3 is 11.9 Å². The van der Waals surface area contributed by atoms with Gasteiger partial charge in [0.15, 0.2) is 12.6 Å². The van der Waals surface area contributed by atoms with Gasteiger partial charge in [-0.1, -0.05) is 24.3 Å². The van der Waals surface area contributed by atoms with Crippen LogP contribution in [0.2, 0.25) is 0 Å². The predicted molar refractivity (Wildman–Crippen MR) is 156 cm³/mol. The standard InChI is InChI=1S/C33H30N2O8/c34-25-9-1-21(2-10-25)29(36)42-27-13-5-23(6-14-27)31-38-17-33(18-39-31)19-40-32(41-20-33)24-7-15-28(16-8-24)43-30(37)22-3-11-26(35)12-4-22/h1-16,31-32H,17-20,34-35H2. The van der Waals surface area contributed by atoms with Gasteiger partial charge in [-0.3, -0.25) is 0 Å². The first-order valence-electron chi connectivity index (χ1n) is 13.7. The largest absolute Gasteiger partial charge is 0.423 e. The molecule has 4 aromatic carbocycles. The van der Waals surface area contributed by atoms with E-state index in [0.717, 1.165) is 11.1 Å². The van der Waals surface area contributed by atoms with E-state index in [9.17, 15) is 9.59 Å². The van der Waals surface area contributed by atoms with Crippen molar-refractivity contribution in [3.8, 4) is 11.5 Å². The molecule has 10 heteroatoms. The molecule has 0 aliphatic carbocycles. The van der Waals surface area contributed by atoms with Crippen LogP contribution in [0.25, 0.3) is 0 Å². The molecule has 6 rings (SSSR count). The van der Waals surface area contributed by atoms with Crippen LogP contribution in [0.4, 0.5) is 11.4 Å². The summed E-state index contributed by atoms with van der Waals surface area (Å²) in [5, 5.41) is 0. The molecule has 0 saturated carbocycles. The molecule has 0 atom stereocenters. The van der Waals surface area contributed by atoms with Crippen molar-refractivity contribution in [1.29, 1.82) is 0 Å². The number of carbonyl (C=O) groups excluding carboxylic acids is 2. The van der Waals surface area contributed by atoms with E-state index in [1.54, 1.807) is 97.1 Å². The van der Waals surface area contributed by atoms with Crippen LogP contribution in [0.5, 0.6) is 11.5 Å². The fourth-order valence-corrected chi connectivity index (χ4v) is 4.70. The maximum absolute atomic E-state index is 12.4. The lowest BCUT2D eigenvalue weighted by Crippen LogP contribution is -2.49. The molecule has 2 aliphatic rings. The summed E-state index contributed by atoms with van der Waals surface area (Å²) in [6, 6.07) is 27.1. The Hall–Kier alpha value is -4.74. The van der Waals surface area contributed by atoms with Gasteiger partial charge in [0.1, 0.15) is 11.5 Å². The molecule has 10 nitrogen and oxygen atoms in total. The number of nitrogen functional groups attached to an aromatic ring is 2. The minimum absolute atomic E-state index is 0.387. The first-order chi connectivity index (χ1) is 20.9. The maximum Gasteiger partial charge on any atom is 0.343 e. The van der Waals surface area contributed by atoms with Crippen molar-refractivity contribution in [3.63, 3.8) is 0 Å². The second-order valence-corrected chi connectivity index (χ2v) is 10.6. The van der Waals surface area contributed by atoms with Crippen molar-refractivity contribution >= 4 is 23.3 Å². The minimum atomic E-state index is -0.561. The Bertz CT molecular complexity index is 1430. The van der Waals surface area contributed by atoms with Crippen LogP contribution < -0.4 is 20.9 Å². The SMILES string of the molecule is Nc1ccc(C(=O)Oc2ccc(C3OCC4(CO3)COC(c3ccc(OC(=O)c5ccc(N)cc5)cc3)OC4)cc2)cc1. The lowest BCUT2D eigenvalue weighted by atomic mass is 9.90. The lowest BCUT2D eigenvalue weighted by Gasteiger charge is -2.43. The second-order valence-electron chi connectivity index (χ2n) is 10.6. The molecule has 220 valence electrons. The molecule has 4 aromatic rings. The summed E-state index contributed by atoms with van der Waals surface area (Å²) in [4.78, 5) is 24.7. The molecule has 0 radical (unpaired) electrons. The van der Waals surface area contributed by atoms with Gasteiger partial charge in [-0.15, -0.1) is 0 Å². The predicted octanol–water partition coefficient (Wildman–Crippen LogP) is 5.07. The van der Waals surface area contributed by atoms with Crippen LogP contribution in [-0.2, 0) is 18.9 Å². The number of hydrogen-bond donors (Lipinski definition) is 2. The van der Waals surface area contributed by atoms with E-state index in [0.29, 0.717) is 60.4 Å². The Morgan fingerprint density at radius 3 is 1.19 bits per heavy atom. The molecule has 2 fully saturated rings. The number of anilines is 2. The lowest BCUT2D eigenvalue weighted by molar-refractivity contribution is -0.307. The average Bonchev–Trinajstić information content (AvgIpc) is 3.03. The smallest absolute Gasteiger partial charge is 0.343 e. The van der Waals surface area contributed by atoms with E-state index in [-0.39, 0.29) is 0 Å². The highest BCUT2D eigenvalue weighted by atomic mass is 16.7. The quantitative estimate of drug-likeness (QED) is 0.180. The Kier molecular flexibility index (Phi) is 8.08. The molecule has 0 unspecified atom stereocenters. The van der Waals surface area contributed by atoms with Crippen LogP contribution in [0.3, 0.4) is 0 Å².